The zero-order valence-electron chi connectivity index (χ0n) is 17.3. The van der Waals surface area contributed by atoms with Gasteiger partial charge in [0.1, 0.15) is 34.9 Å². The maximum Gasteiger partial charge on any atom is 0.274 e. The number of hydrogen-bond acceptors (Lipinski definition) is 7. The molecule has 11 heteroatoms. The van der Waals surface area contributed by atoms with Crippen molar-refractivity contribution in [3.8, 4) is 17.3 Å². The number of aromatic nitrogens is 2. The van der Waals surface area contributed by atoms with Crippen molar-refractivity contribution in [1.82, 2.24) is 9.97 Å². The number of amides is 1. The topological polar surface area (TPSA) is 128 Å². The zero-order chi connectivity index (χ0) is 24.4. The summed E-state index contributed by atoms with van der Waals surface area (Å²) in [4.78, 5) is 20.6. The zero-order valence-corrected chi connectivity index (χ0v) is 17.3. The number of aliphatic hydroxyl groups excluding tert-OH is 2. The van der Waals surface area contributed by atoms with E-state index in [1.54, 1.807) is 6.07 Å². The largest absolute Gasteiger partial charge is 0.390 e. The Balaban J connectivity index is 1.63. The van der Waals surface area contributed by atoms with E-state index >= 15 is 0 Å². The Hall–Kier alpha value is -3.85. The van der Waals surface area contributed by atoms with Crippen LogP contribution in [0.15, 0.2) is 48.8 Å². The van der Waals surface area contributed by atoms with Gasteiger partial charge >= 0.3 is 0 Å². The molecule has 34 heavy (non-hydrogen) atoms. The van der Waals surface area contributed by atoms with Crippen molar-refractivity contribution < 1.29 is 32.9 Å². The van der Waals surface area contributed by atoms with Gasteiger partial charge in [0, 0.05) is 18.2 Å². The van der Waals surface area contributed by atoms with E-state index in [2.05, 4.69) is 15.3 Å². The number of halogens is 3. The summed E-state index contributed by atoms with van der Waals surface area (Å²) >= 11 is 0. The van der Waals surface area contributed by atoms with Gasteiger partial charge in [0.2, 0.25) is 0 Å². The van der Waals surface area contributed by atoms with Gasteiger partial charge in [-0.2, -0.15) is 5.26 Å². The number of hydrogen-bond donors (Lipinski definition) is 3. The van der Waals surface area contributed by atoms with Crippen molar-refractivity contribution in [2.75, 3.05) is 5.32 Å². The summed E-state index contributed by atoms with van der Waals surface area (Å²) in [7, 11) is 0. The maximum absolute atomic E-state index is 14.3. The molecule has 4 atom stereocenters. The molecule has 1 aromatic carbocycles. The van der Waals surface area contributed by atoms with Crippen molar-refractivity contribution in [3.05, 3.63) is 77.5 Å². The molecule has 1 fully saturated rings. The van der Waals surface area contributed by atoms with Gasteiger partial charge in [0.05, 0.1) is 35.7 Å². The molecule has 3 heterocycles. The summed E-state index contributed by atoms with van der Waals surface area (Å²) in [6, 6.07) is 8.18. The predicted molar refractivity (Wildman–Crippen MR) is 112 cm³/mol. The highest BCUT2D eigenvalue weighted by Gasteiger charge is 2.38. The Morgan fingerprint density at radius 2 is 1.85 bits per heavy atom. The third kappa shape index (κ3) is 4.47. The molecule has 0 spiro atoms. The van der Waals surface area contributed by atoms with E-state index in [0.29, 0.717) is 5.56 Å². The van der Waals surface area contributed by atoms with Crippen LogP contribution in [0.1, 0.15) is 28.6 Å². The van der Waals surface area contributed by atoms with Gasteiger partial charge in [-0.1, -0.05) is 6.07 Å². The minimum Gasteiger partial charge on any atom is -0.390 e. The van der Waals surface area contributed by atoms with Crippen LogP contribution in [0.5, 0.6) is 0 Å². The molecule has 3 N–H and O–H groups in total. The predicted octanol–water partition coefficient (Wildman–Crippen LogP) is 2.89. The Kier molecular flexibility index (Phi) is 6.56. The molecule has 0 radical (unpaired) electrons. The first-order valence-electron chi connectivity index (χ1n) is 10.1. The summed E-state index contributed by atoms with van der Waals surface area (Å²) in [5.41, 5.74) is -1.20. The van der Waals surface area contributed by atoms with Crippen molar-refractivity contribution in [2.24, 2.45) is 0 Å². The molecule has 0 saturated carbocycles. The van der Waals surface area contributed by atoms with E-state index in [9.17, 15) is 28.2 Å². The Labute approximate surface area is 191 Å². The summed E-state index contributed by atoms with van der Waals surface area (Å²) in [6.07, 6.45) is -2.14. The second kappa shape index (κ2) is 9.56. The Morgan fingerprint density at radius 1 is 1.12 bits per heavy atom. The van der Waals surface area contributed by atoms with Gasteiger partial charge in [-0.15, -0.1) is 0 Å². The number of nitriles is 1. The van der Waals surface area contributed by atoms with Crippen molar-refractivity contribution in [2.45, 2.75) is 30.8 Å². The summed E-state index contributed by atoms with van der Waals surface area (Å²) < 4.78 is 48.2. The number of nitrogens with one attached hydrogen (secondary N) is 1. The van der Waals surface area contributed by atoms with Crippen LogP contribution < -0.4 is 5.32 Å². The molecule has 3 aromatic rings. The summed E-state index contributed by atoms with van der Waals surface area (Å²) in [5.74, 6) is -3.93. The molecule has 1 amide bonds. The highest BCUT2D eigenvalue weighted by Crippen LogP contribution is 2.35. The molecule has 1 aliphatic heterocycles. The minimum atomic E-state index is -1.39. The van der Waals surface area contributed by atoms with Crippen molar-refractivity contribution in [3.63, 3.8) is 0 Å². The number of rotatable bonds is 4. The SMILES string of the molecule is N#C[C@H]1O[C@@H](c2ccncc2NC(=O)c2ccc(F)c(-c3c(F)cccc3F)n2)C[C@@H](O)[C@@H]1O. The lowest BCUT2D eigenvalue weighted by atomic mass is 9.94. The number of carbonyl (C=O) groups is 1. The standard InChI is InChI=1S/C23H17F3N4O4/c24-12-2-1-3-13(25)20(12)21-14(26)4-5-15(29-21)23(33)30-16-10-28-7-6-11(16)18-8-17(31)22(32)19(9-27)34-18/h1-7,10,17-19,22,31-32H,8H2,(H,30,33)/t17-,18-,19-,22+/m1/s1. The molecule has 0 unspecified atom stereocenters. The normalized spacial score (nSPS) is 22.1. The quantitative estimate of drug-likeness (QED) is 0.535. The first kappa shape index (κ1) is 23.3. The van der Waals surface area contributed by atoms with Crippen molar-refractivity contribution in [1.29, 1.82) is 5.26 Å². The molecular weight excluding hydrogens is 453 g/mol. The second-order valence-corrected chi connectivity index (χ2v) is 7.51. The van der Waals surface area contributed by atoms with Crippen LogP contribution in [0.3, 0.4) is 0 Å². The number of aliphatic hydroxyl groups is 2. The minimum absolute atomic E-state index is 0.0578. The molecular formula is C23H17F3N4O4. The fraction of sp³-hybridized carbons (Fsp3) is 0.217. The number of ether oxygens (including phenoxy) is 1. The molecule has 0 bridgehead atoms. The molecule has 4 rings (SSSR count). The molecule has 8 nitrogen and oxygen atoms in total. The van der Waals surface area contributed by atoms with E-state index in [0.717, 1.165) is 30.3 Å². The summed E-state index contributed by atoms with van der Waals surface area (Å²) in [5, 5.41) is 31.7. The van der Waals surface area contributed by atoms with Crippen LogP contribution >= 0.6 is 0 Å². The van der Waals surface area contributed by atoms with E-state index in [1.165, 1.54) is 18.5 Å². The van der Waals surface area contributed by atoms with Gasteiger partial charge in [-0.25, -0.2) is 18.2 Å². The van der Waals surface area contributed by atoms with Crippen LogP contribution in [0.25, 0.3) is 11.3 Å². The molecule has 0 aliphatic carbocycles. The van der Waals surface area contributed by atoms with Gasteiger partial charge < -0.3 is 20.3 Å². The smallest absolute Gasteiger partial charge is 0.274 e. The fourth-order valence-electron chi connectivity index (χ4n) is 3.63. The lowest BCUT2D eigenvalue weighted by molar-refractivity contribution is -0.150. The average Bonchev–Trinajstić information content (AvgIpc) is 2.82. The van der Waals surface area contributed by atoms with Gasteiger partial charge in [0.15, 0.2) is 6.10 Å². The number of pyridine rings is 2. The molecule has 1 saturated heterocycles. The van der Waals surface area contributed by atoms with E-state index in [-0.39, 0.29) is 17.8 Å². The number of anilines is 1. The first-order valence-corrected chi connectivity index (χ1v) is 10.1. The van der Waals surface area contributed by atoms with E-state index in [1.807, 2.05) is 0 Å². The Bertz CT molecular complexity index is 1260. The third-order valence-corrected chi connectivity index (χ3v) is 5.33. The fourth-order valence-corrected chi connectivity index (χ4v) is 3.63. The first-order chi connectivity index (χ1) is 16.3. The molecule has 174 valence electrons. The number of nitrogens with zero attached hydrogens (tertiary/aromatic N) is 3. The van der Waals surface area contributed by atoms with E-state index in [4.69, 9.17) is 10.00 Å². The summed E-state index contributed by atoms with van der Waals surface area (Å²) in [6.45, 7) is 0. The Morgan fingerprint density at radius 3 is 2.56 bits per heavy atom. The second-order valence-electron chi connectivity index (χ2n) is 7.51. The average molecular weight is 470 g/mol. The van der Waals surface area contributed by atoms with Gasteiger partial charge in [-0.05, 0) is 30.3 Å². The number of benzene rings is 1. The van der Waals surface area contributed by atoms with Crippen LogP contribution in [0.2, 0.25) is 0 Å². The lowest BCUT2D eigenvalue weighted by Gasteiger charge is -2.34. The van der Waals surface area contributed by atoms with Crippen LogP contribution in [0.4, 0.5) is 18.9 Å². The monoisotopic (exact) mass is 470 g/mol. The highest BCUT2D eigenvalue weighted by atomic mass is 19.1. The highest BCUT2D eigenvalue weighted by molar-refractivity contribution is 6.03. The molecule has 1 aliphatic rings. The van der Waals surface area contributed by atoms with Crippen LogP contribution in [-0.2, 0) is 4.74 Å². The van der Waals surface area contributed by atoms with Crippen LogP contribution in [-0.4, -0.2) is 44.4 Å². The van der Waals surface area contributed by atoms with Gasteiger partial charge in [0.25, 0.3) is 5.91 Å². The van der Waals surface area contributed by atoms with Crippen LogP contribution in [0, 0.1) is 28.8 Å². The lowest BCUT2D eigenvalue weighted by Crippen LogP contribution is -2.44. The molecule has 2 aromatic heterocycles. The number of carbonyl (C=O) groups excluding carboxylic acids is 1. The van der Waals surface area contributed by atoms with Gasteiger partial charge in [-0.3, -0.25) is 9.78 Å². The van der Waals surface area contributed by atoms with Crippen molar-refractivity contribution >= 4 is 11.6 Å². The van der Waals surface area contributed by atoms with E-state index < -0.39 is 59.0 Å². The third-order valence-electron chi connectivity index (χ3n) is 5.33. The maximum atomic E-state index is 14.3.